The van der Waals surface area contributed by atoms with Crippen molar-refractivity contribution in [2.75, 3.05) is 30.6 Å². The molecule has 7 N–H and O–H groups in total. The molecule has 0 saturated carbocycles. The first-order chi connectivity index (χ1) is 8.29. The van der Waals surface area contributed by atoms with E-state index in [4.69, 9.17) is 15.5 Å². The number of nitrogens with one attached hydrogen (secondary N) is 3. The molecule has 102 valence electrons. The Morgan fingerprint density at radius 1 is 1.33 bits per heavy atom. The normalized spacial score (nSPS) is 11.4. The van der Waals surface area contributed by atoms with Gasteiger partial charge >= 0.3 is 13.3 Å². The topological polar surface area (TPSA) is 171 Å². The first-order valence-electron chi connectivity index (χ1n) is 4.78. The lowest BCUT2D eigenvalue weighted by Gasteiger charge is -2.08. The van der Waals surface area contributed by atoms with Crippen LogP contribution in [0.5, 0.6) is 0 Å². The van der Waals surface area contributed by atoms with Crippen molar-refractivity contribution < 1.29 is 19.1 Å². The highest BCUT2D eigenvalue weighted by Gasteiger charge is 2.12. The largest absolute Gasteiger partial charge is 0.391 e. The molecule has 0 fully saturated rings. The summed E-state index contributed by atoms with van der Waals surface area (Å²) in [5, 5.41) is 2.60. The maximum atomic E-state index is 11.1. The molecule has 0 spiro atoms. The molecule has 1 rings (SSSR count). The first-order valence-corrected chi connectivity index (χ1v) is 6.57. The summed E-state index contributed by atoms with van der Waals surface area (Å²) in [6.45, 7) is 0.0863. The van der Waals surface area contributed by atoms with Crippen LogP contribution in [0, 0.1) is 0 Å². The number of nitrogens with two attached hydrogens (primary N) is 1. The Bertz CT molecular complexity index is 560. The van der Waals surface area contributed by atoms with E-state index in [9.17, 15) is 14.2 Å². The molecule has 0 saturated heterocycles. The van der Waals surface area contributed by atoms with E-state index in [0.29, 0.717) is 0 Å². The van der Waals surface area contributed by atoms with E-state index in [0.717, 1.165) is 0 Å². The Morgan fingerprint density at radius 2 is 2.00 bits per heavy atom. The monoisotopic (exact) mass is 280 g/mol. The van der Waals surface area contributed by atoms with Crippen molar-refractivity contribution >= 4 is 19.1 Å². The molecule has 11 heteroatoms. The van der Waals surface area contributed by atoms with E-state index in [1.165, 1.54) is 0 Å². The molecule has 0 aliphatic carbocycles. The second-order valence-corrected chi connectivity index (χ2v) is 4.91. The average molecular weight is 280 g/mol. The second kappa shape index (κ2) is 5.83. The lowest BCUT2D eigenvalue weighted by atomic mass is 10.4. The lowest BCUT2D eigenvalue weighted by molar-refractivity contribution is 0.167. The van der Waals surface area contributed by atoms with Crippen molar-refractivity contribution in [3.05, 3.63) is 20.8 Å². The van der Waals surface area contributed by atoms with Crippen molar-refractivity contribution in [1.82, 2.24) is 9.97 Å². The van der Waals surface area contributed by atoms with Crippen LogP contribution in [0.3, 0.4) is 0 Å². The third kappa shape index (κ3) is 4.72. The van der Waals surface area contributed by atoms with Gasteiger partial charge in [-0.2, -0.15) is 0 Å². The number of anilines is 2. The van der Waals surface area contributed by atoms with Crippen LogP contribution < -0.4 is 22.3 Å². The molecule has 0 bridgehead atoms. The summed E-state index contributed by atoms with van der Waals surface area (Å²) in [5.41, 5.74) is 3.76. The van der Waals surface area contributed by atoms with Crippen LogP contribution in [0.4, 0.5) is 11.5 Å². The zero-order valence-corrected chi connectivity index (χ0v) is 10.1. The Balaban J connectivity index is 2.48. The van der Waals surface area contributed by atoms with Crippen LogP contribution >= 0.6 is 7.60 Å². The van der Waals surface area contributed by atoms with Crippen LogP contribution in [0.15, 0.2) is 9.59 Å². The van der Waals surface area contributed by atoms with Gasteiger partial charge in [0.2, 0.25) is 0 Å². The summed E-state index contributed by atoms with van der Waals surface area (Å²) in [6, 6.07) is 0. The number of rotatable bonds is 6. The van der Waals surface area contributed by atoms with Gasteiger partial charge in [-0.3, -0.25) is 19.3 Å². The van der Waals surface area contributed by atoms with Gasteiger partial charge in [-0.05, 0) is 0 Å². The Morgan fingerprint density at radius 3 is 2.61 bits per heavy atom. The fraction of sp³-hybridized carbons (Fsp3) is 0.429. The predicted octanol–water partition coefficient (Wildman–Crippen LogP) is -1.79. The van der Waals surface area contributed by atoms with Gasteiger partial charge in [-0.15, -0.1) is 0 Å². The molecule has 0 aliphatic rings. The summed E-state index contributed by atoms with van der Waals surface area (Å²) in [5.74, 6) is 0.0310. The van der Waals surface area contributed by atoms with Gasteiger partial charge in [-0.1, -0.05) is 0 Å². The Labute approximate surface area is 100 Å². The minimum atomic E-state index is -4.19. The fourth-order valence-electron chi connectivity index (χ4n) is 1.07. The SMILES string of the molecule is Nc1c(NCCOCP(=O)(O)O)[nH]c(=O)[nH]c1=O. The number of nitrogen functional groups attached to an aromatic ring is 1. The number of H-pyrrole nitrogens is 2. The molecule has 18 heavy (non-hydrogen) atoms. The van der Waals surface area contributed by atoms with Crippen molar-refractivity contribution in [3.63, 3.8) is 0 Å². The molecule has 1 heterocycles. The van der Waals surface area contributed by atoms with E-state index in [2.05, 4.69) is 15.0 Å². The van der Waals surface area contributed by atoms with Gasteiger partial charge in [0.15, 0.2) is 0 Å². The molecule has 10 nitrogen and oxygen atoms in total. The zero-order valence-electron chi connectivity index (χ0n) is 9.17. The van der Waals surface area contributed by atoms with Crippen molar-refractivity contribution in [2.45, 2.75) is 0 Å². The van der Waals surface area contributed by atoms with Crippen LogP contribution in [0.25, 0.3) is 0 Å². The summed E-state index contributed by atoms with van der Waals surface area (Å²) >= 11 is 0. The van der Waals surface area contributed by atoms with Crippen LogP contribution in [-0.4, -0.2) is 39.3 Å². The quantitative estimate of drug-likeness (QED) is 0.262. The lowest BCUT2D eigenvalue weighted by Crippen LogP contribution is -2.27. The van der Waals surface area contributed by atoms with Crippen LogP contribution in [0.2, 0.25) is 0 Å². The third-order valence-electron chi connectivity index (χ3n) is 1.79. The number of ether oxygens (including phenoxy) is 1. The molecule has 0 unspecified atom stereocenters. The molecule has 0 aromatic carbocycles. The van der Waals surface area contributed by atoms with E-state index in [1.807, 2.05) is 4.98 Å². The average Bonchev–Trinajstić information content (AvgIpc) is 2.22. The van der Waals surface area contributed by atoms with Gasteiger partial charge in [0, 0.05) is 6.54 Å². The van der Waals surface area contributed by atoms with Gasteiger partial charge in [0.25, 0.3) is 5.56 Å². The third-order valence-corrected chi connectivity index (χ3v) is 2.31. The van der Waals surface area contributed by atoms with Gasteiger partial charge in [0.05, 0.1) is 6.61 Å². The first kappa shape index (κ1) is 14.5. The van der Waals surface area contributed by atoms with Gasteiger partial charge in [0.1, 0.15) is 17.9 Å². The maximum Gasteiger partial charge on any atom is 0.350 e. The summed E-state index contributed by atoms with van der Waals surface area (Å²) in [6.07, 6.45) is -0.698. The summed E-state index contributed by atoms with van der Waals surface area (Å²) in [7, 11) is -4.19. The molecule has 1 aromatic rings. The second-order valence-electron chi connectivity index (χ2n) is 3.33. The highest BCUT2D eigenvalue weighted by Crippen LogP contribution is 2.33. The van der Waals surface area contributed by atoms with E-state index >= 15 is 0 Å². The van der Waals surface area contributed by atoms with Crippen molar-refractivity contribution in [3.8, 4) is 0 Å². The maximum absolute atomic E-state index is 11.1. The van der Waals surface area contributed by atoms with Crippen LogP contribution in [-0.2, 0) is 9.30 Å². The fourth-order valence-corrected chi connectivity index (χ4v) is 1.43. The van der Waals surface area contributed by atoms with Gasteiger partial charge in [-0.25, -0.2) is 4.79 Å². The predicted molar refractivity (Wildman–Crippen MR) is 63.4 cm³/mol. The summed E-state index contributed by atoms with van der Waals surface area (Å²) < 4.78 is 15.1. The smallest absolute Gasteiger partial charge is 0.350 e. The number of aromatic amines is 2. The molecule has 0 amide bonds. The highest BCUT2D eigenvalue weighted by atomic mass is 31.2. The molecular formula is C7H13N4O6P. The van der Waals surface area contributed by atoms with E-state index in [-0.39, 0.29) is 24.7 Å². The zero-order chi connectivity index (χ0) is 13.8. The van der Waals surface area contributed by atoms with Crippen molar-refractivity contribution in [2.24, 2.45) is 0 Å². The highest BCUT2D eigenvalue weighted by molar-refractivity contribution is 7.51. The molecule has 0 aliphatic heterocycles. The van der Waals surface area contributed by atoms with Crippen LogP contribution in [0.1, 0.15) is 0 Å². The minimum absolute atomic E-state index is 0.0284. The Kier molecular flexibility index (Phi) is 4.68. The molecule has 0 atom stereocenters. The van der Waals surface area contributed by atoms with Crippen molar-refractivity contribution in [1.29, 1.82) is 0 Å². The van der Waals surface area contributed by atoms with E-state index in [1.54, 1.807) is 0 Å². The molecule has 1 aromatic heterocycles. The number of hydrogen-bond donors (Lipinski definition) is 6. The molecular weight excluding hydrogens is 267 g/mol. The minimum Gasteiger partial charge on any atom is -0.391 e. The molecule has 0 radical (unpaired) electrons. The number of aromatic nitrogens is 2. The van der Waals surface area contributed by atoms with E-state index < -0.39 is 25.2 Å². The van der Waals surface area contributed by atoms with Gasteiger partial charge < -0.3 is 25.6 Å². The standard InChI is InChI=1S/C7H13N4O6P/c8-4-5(10-7(13)11-6(4)12)9-1-2-17-3-18(14,15)16/h1-3,8H2,(H2,14,15,16)(H3,9,10,11,12,13). The summed E-state index contributed by atoms with van der Waals surface area (Å²) in [4.78, 5) is 43.3. The Hall–Kier alpha value is -1.61. The number of hydrogen-bond acceptors (Lipinski definition) is 6.